The number of rotatable bonds is 2. The van der Waals surface area contributed by atoms with Crippen molar-refractivity contribution in [3.63, 3.8) is 0 Å². The molecule has 0 aliphatic heterocycles. The van der Waals surface area contributed by atoms with Gasteiger partial charge in [0.1, 0.15) is 0 Å². The van der Waals surface area contributed by atoms with Crippen LogP contribution in [0.4, 0.5) is 8.78 Å². The molecule has 1 nitrogen and oxygen atoms in total. The van der Waals surface area contributed by atoms with Gasteiger partial charge in [-0.2, -0.15) is 0 Å². The van der Waals surface area contributed by atoms with E-state index in [0.717, 1.165) is 9.13 Å². The number of halogens is 3. The second kappa shape index (κ2) is 5.36. The van der Waals surface area contributed by atoms with Crippen molar-refractivity contribution in [1.29, 1.82) is 0 Å². The van der Waals surface area contributed by atoms with E-state index in [1.165, 1.54) is 19.1 Å². The zero-order chi connectivity index (χ0) is 14.2. The maximum atomic E-state index is 13.8. The first-order chi connectivity index (χ1) is 8.93. The van der Waals surface area contributed by atoms with Gasteiger partial charge in [0, 0.05) is 9.13 Å². The van der Waals surface area contributed by atoms with Crippen LogP contribution in [0.1, 0.15) is 27.0 Å². The molecule has 0 spiro atoms. The summed E-state index contributed by atoms with van der Waals surface area (Å²) in [5.74, 6) is -2.54. The van der Waals surface area contributed by atoms with E-state index in [1.807, 2.05) is 35.6 Å². The van der Waals surface area contributed by atoms with Gasteiger partial charge in [-0.05, 0) is 59.7 Å². The zero-order valence-corrected chi connectivity index (χ0v) is 12.6. The molecule has 0 atom stereocenters. The Labute approximate surface area is 123 Å². The second-order valence-corrected chi connectivity index (χ2v) is 5.40. The summed E-state index contributed by atoms with van der Waals surface area (Å²) in [5, 5.41) is 0. The molecule has 0 fully saturated rings. The summed E-state index contributed by atoms with van der Waals surface area (Å²) in [6.07, 6.45) is 0. The summed E-state index contributed by atoms with van der Waals surface area (Å²) in [5.41, 5.74) is 1.28. The number of hydrogen-bond donors (Lipinski definition) is 0. The van der Waals surface area contributed by atoms with Crippen molar-refractivity contribution < 1.29 is 13.6 Å². The van der Waals surface area contributed by atoms with Crippen LogP contribution in [0.3, 0.4) is 0 Å². The maximum Gasteiger partial charge on any atom is 0.197 e. The van der Waals surface area contributed by atoms with Crippen LogP contribution in [0.5, 0.6) is 0 Å². The molecule has 0 amide bonds. The van der Waals surface area contributed by atoms with Gasteiger partial charge in [0.25, 0.3) is 0 Å². The van der Waals surface area contributed by atoms with Crippen molar-refractivity contribution in [2.45, 2.75) is 13.8 Å². The molecule has 0 heterocycles. The van der Waals surface area contributed by atoms with Crippen LogP contribution in [0.25, 0.3) is 0 Å². The molecule has 0 aliphatic rings. The third-order valence-corrected chi connectivity index (χ3v) is 4.39. The van der Waals surface area contributed by atoms with E-state index in [0.29, 0.717) is 5.56 Å². The molecule has 4 heteroatoms. The minimum atomic E-state index is -1.08. The molecule has 0 saturated carbocycles. The summed E-state index contributed by atoms with van der Waals surface area (Å²) < 4.78 is 28.1. The molecule has 2 rings (SSSR count). The zero-order valence-electron chi connectivity index (χ0n) is 10.4. The average molecular weight is 372 g/mol. The fourth-order valence-electron chi connectivity index (χ4n) is 1.79. The minimum Gasteiger partial charge on any atom is -0.288 e. The molecule has 19 heavy (non-hydrogen) atoms. The van der Waals surface area contributed by atoms with Gasteiger partial charge >= 0.3 is 0 Å². The van der Waals surface area contributed by atoms with Crippen LogP contribution in [-0.4, -0.2) is 5.78 Å². The first-order valence-corrected chi connectivity index (χ1v) is 6.75. The number of benzene rings is 2. The third-order valence-electron chi connectivity index (χ3n) is 2.96. The molecule has 0 saturated heterocycles. The van der Waals surface area contributed by atoms with E-state index in [1.54, 1.807) is 12.1 Å². The first kappa shape index (κ1) is 14.1. The van der Waals surface area contributed by atoms with Crippen molar-refractivity contribution in [3.05, 3.63) is 67.8 Å². The number of aryl methyl sites for hydroxylation is 2. The topological polar surface area (TPSA) is 17.1 Å². The fraction of sp³-hybridized carbons (Fsp3) is 0.133. The lowest BCUT2D eigenvalue weighted by atomic mass is 10.00. The predicted octanol–water partition coefficient (Wildman–Crippen LogP) is 4.42. The van der Waals surface area contributed by atoms with Crippen molar-refractivity contribution >= 4 is 28.4 Å². The lowest BCUT2D eigenvalue weighted by molar-refractivity contribution is 0.103. The summed E-state index contributed by atoms with van der Waals surface area (Å²) in [4.78, 5) is 12.3. The molecule has 0 bridgehead atoms. The standard InChI is InChI=1S/C15H11F2IO/c1-8-6-7-10(13(17)12(8)16)15(19)11-5-3-4-9(2)14(11)18/h3-7H,1-2H3. The largest absolute Gasteiger partial charge is 0.288 e. The monoisotopic (exact) mass is 372 g/mol. The van der Waals surface area contributed by atoms with E-state index in [-0.39, 0.29) is 11.1 Å². The SMILES string of the molecule is Cc1ccc(C(=O)c2cccc(C)c2I)c(F)c1F. The molecule has 0 aliphatic carbocycles. The summed E-state index contributed by atoms with van der Waals surface area (Å²) in [6.45, 7) is 3.33. The Morgan fingerprint density at radius 2 is 1.63 bits per heavy atom. The van der Waals surface area contributed by atoms with Gasteiger partial charge in [0.2, 0.25) is 0 Å². The van der Waals surface area contributed by atoms with Crippen LogP contribution >= 0.6 is 22.6 Å². The molecule has 0 N–H and O–H groups in total. The van der Waals surface area contributed by atoms with Gasteiger partial charge in [0.05, 0.1) is 5.56 Å². The van der Waals surface area contributed by atoms with E-state index >= 15 is 0 Å². The highest BCUT2D eigenvalue weighted by atomic mass is 127. The molecule has 0 radical (unpaired) electrons. The predicted molar refractivity (Wildman–Crippen MR) is 78.4 cm³/mol. The van der Waals surface area contributed by atoms with Crippen LogP contribution in [0.2, 0.25) is 0 Å². The van der Waals surface area contributed by atoms with E-state index in [9.17, 15) is 13.6 Å². The van der Waals surface area contributed by atoms with Gasteiger partial charge in [-0.25, -0.2) is 8.78 Å². The Balaban J connectivity index is 2.57. The third kappa shape index (κ3) is 2.54. The maximum absolute atomic E-state index is 13.8. The van der Waals surface area contributed by atoms with Crippen molar-refractivity contribution in [2.24, 2.45) is 0 Å². The highest BCUT2D eigenvalue weighted by Crippen LogP contribution is 2.23. The van der Waals surface area contributed by atoms with Crippen LogP contribution in [-0.2, 0) is 0 Å². The number of ketones is 1. The van der Waals surface area contributed by atoms with Crippen molar-refractivity contribution in [3.8, 4) is 0 Å². The molecule has 2 aromatic carbocycles. The van der Waals surface area contributed by atoms with Crippen LogP contribution in [0.15, 0.2) is 30.3 Å². The molecular weight excluding hydrogens is 361 g/mol. The highest BCUT2D eigenvalue weighted by Gasteiger charge is 2.20. The van der Waals surface area contributed by atoms with E-state index in [2.05, 4.69) is 0 Å². The number of carbonyl (C=O) groups is 1. The first-order valence-electron chi connectivity index (χ1n) is 5.68. The van der Waals surface area contributed by atoms with Crippen molar-refractivity contribution in [1.82, 2.24) is 0 Å². The van der Waals surface area contributed by atoms with Gasteiger partial charge < -0.3 is 0 Å². The summed E-state index contributed by atoms with van der Waals surface area (Å²) in [7, 11) is 0. The molecule has 98 valence electrons. The van der Waals surface area contributed by atoms with Gasteiger partial charge in [0.15, 0.2) is 17.4 Å². The number of hydrogen-bond acceptors (Lipinski definition) is 1. The van der Waals surface area contributed by atoms with Gasteiger partial charge in [-0.3, -0.25) is 4.79 Å². The molecular formula is C15H11F2IO. The molecule has 0 aromatic heterocycles. The Hall–Kier alpha value is -1.30. The lowest BCUT2D eigenvalue weighted by Gasteiger charge is -2.08. The van der Waals surface area contributed by atoms with E-state index in [4.69, 9.17) is 0 Å². The normalized spacial score (nSPS) is 10.6. The molecule has 2 aromatic rings. The smallest absolute Gasteiger partial charge is 0.197 e. The fourth-order valence-corrected chi connectivity index (χ4v) is 2.39. The minimum absolute atomic E-state index is 0.188. The van der Waals surface area contributed by atoms with Crippen LogP contribution < -0.4 is 0 Å². The quantitative estimate of drug-likeness (QED) is 0.564. The van der Waals surface area contributed by atoms with Crippen LogP contribution in [0, 0.1) is 29.1 Å². The summed E-state index contributed by atoms with van der Waals surface area (Å²) in [6, 6.07) is 7.95. The Morgan fingerprint density at radius 3 is 2.32 bits per heavy atom. The number of carbonyl (C=O) groups excluding carboxylic acids is 1. The van der Waals surface area contributed by atoms with E-state index < -0.39 is 17.4 Å². The van der Waals surface area contributed by atoms with Gasteiger partial charge in [-0.15, -0.1) is 0 Å². The Kier molecular flexibility index (Phi) is 3.99. The Morgan fingerprint density at radius 1 is 0.947 bits per heavy atom. The second-order valence-electron chi connectivity index (χ2n) is 4.32. The Bertz CT molecular complexity index is 665. The van der Waals surface area contributed by atoms with Gasteiger partial charge in [-0.1, -0.05) is 18.2 Å². The highest BCUT2D eigenvalue weighted by molar-refractivity contribution is 14.1. The molecule has 0 unspecified atom stereocenters. The summed E-state index contributed by atoms with van der Waals surface area (Å²) >= 11 is 2.04. The van der Waals surface area contributed by atoms with Crippen molar-refractivity contribution in [2.75, 3.05) is 0 Å². The lowest BCUT2D eigenvalue weighted by Crippen LogP contribution is -2.09. The average Bonchev–Trinajstić information content (AvgIpc) is 2.39.